The number of nitrogens with one attached hydrogen (secondary N) is 1. The number of carbonyl (C=O) groups is 1. The number of hydrogen-bond donors (Lipinski definition) is 2. The van der Waals surface area contributed by atoms with E-state index in [0.717, 1.165) is 27.9 Å². The fraction of sp³-hybridized carbons (Fsp3) is 0.267. The molecule has 0 saturated heterocycles. The van der Waals surface area contributed by atoms with Crippen molar-refractivity contribution in [2.75, 3.05) is 6.54 Å². The Labute approximate surface area is 130 Å². The standard InChI is InChI=1S/C15H16BrNO2S/c16-14-6-5-13(20-14)7-8-17-10-12-4-2-1-3-11(12)9-15(18)19/h1-6,17H,7-10H2,(H,18,19). The second-order valence-electron chi connectivity index (χ2n) is 4.47. The van der Waals surface area contributed by atoms with Crippen molar-refractivity contribution >= 4 is 33.2 Å². The van der Waals surface area contributed by atoms with Crippen LogP contribution in [0.3, 0.4) is 0 Å². The van der Waals surface area contributed by atoms with Crippen LogP contribution in [-0.2, 0) is 24.2 Å². The second-order valence-corrected chi connectivity index (χ2v) is 7.02. The fourth-order valence-electron chi connectivity index (χ4n) is 1.99. The molecule has 2 N–H and O–H groups in total. The number of thiophene rings is 1. The Morgan fingerprint density at radius 2 is 1.95 bits per heavy atom. The highest BCUT2D eigenvalue weighted by atomic mass is 79.9. The van der Waals surface area contributed by atoms with Crippen molar-refractivity contribution in [3.8, 4) is 0 Å². The zero-order valence-electron chi connectivity index (χ0n) is 10.9. The molecule has 0 aliphatic rings. The van der Waals surface area contributed by atoms with E-state index in [9.17, 15) is 4.79 Å². The normalized spacial score (nSPS) is 10.7. The highest BCUT2D eigenvalue weighted by Gasteiger charge is 2.05. The third kappa shape index (κ3) is 4.74. The van der Waals surface area contributed by atoms with Gasteiger partial charge in [-0.25, -0.2) is 0 Å². The van der Waals surface area contributed by atoms with Crippen LogP contribution < -0.4 is 5.32 Å². The van der Waals surface area contributed by atoms with Crippen molar-refractivity contribution in [2.24, 2.45) is 0 Å². The van der Waals surface area contributed by atoms with Gasteiger partial charge >= 0.3 is 5.97 Å². The number of rotatable bonds is 7. The predicted molar refractivity (Wildman–Crippen MR) is 85.2 cm³/mol. The summed E-state index contributed by atoms with van der Waals surface area (Å²) < 4.78 is 1.15. The van der Waals surface area contributed by atoms with Gasteiger partial charge in [-0.1, -0.05) is 24.3 Å². The van der Waals surface area contributed by atoms with E-state index in [0.29, 0.717) is 6.54 Å². The van der Waals surface area contributed by atoms with Crippen molar-refractivity contribution in [3.63, 3.8) is 0 Å². The molecule has 5 heteroatoms. The fourth-order valence-corrected chi connectivity index (χ4v) is 3.47. The molecule has 0 bridgehead atoms. The number of carboxylic acids is 1. The van der Waals surface area contributed by atoms with Crippen molar-refractivity contribution < 1.29 is 9.90 Å². The van der Waals surface area contributed by atoms with E-state index < -0.39 is 5.97 Å². The van der Waals surface area contributed by atoms with Crippen LogP contribution in [0.15, 0.2) is 40.2 Å². The van der Waals surface area contributed by atoms with Gasteiger partial charge in [0.15, 0.2) is 0 Å². The van der Waals surface area contributed by atoms with Crippen LogP contribution in [0.5, 0.6) is 0 Å². The average Bonchev–Trinajstić information content (AvgIpc) is 2.81. The first-order chi connectivity index (χ1) is 9.65. The van der Waals surface area contributed by atoms with Crippen LogP contribution in [0.1, 0.15) is 16.0 Å². The van der Waals surface area contributed by atoms with Crippen molar-refractivity contribution in [1.82, 2.24) is 5.32 Å². The number of benzene rings is 1. The lowest BCUT2D eigenvalue weighted by molar-refractivity contribution is -0.136. The molecule has 20 heavy (non-hydrogen) atoms. The molecule has 1 heterocycles. The van der Waals surface area contributed by atoms with Crippen LogP contribution in [-0.4, -0.2) is 17.6 Å². The number of hydrogen-bond acceptors (Lipinski definition) is 3. The van der Waals surface area contributed by atoms with Crippen LogP contribution in [0.25, 0.3) is 0 Å². The molecule has 0 spiro atoms. The maximum absolute atomic E-state index is 10.8. The van der Waals surface area contributed by atoms with Gasteiger partial charge in [0, 0.05) is 18.0 Å². The Morgan fingerprint density at radius 1 is 1.20 bits per heavy atom. The molecule has 2 aromatic rings. The minimum Gasteiger partial charge on any atom is -0.481 e. The Morgan fingerprint density at radius 3 is 2.60 bits per heavy atom. The van der Waals surface area contributed by atoms with Crippen molar-refractivity contribution in [2.45, 2.75) is 19.4 Å². The lowest BCUT2D eigenvalue weighted by atomic mass is 10.0. The number of halogens is 1. The third-order valence-electron chi connectivity index (χ3n) is 2.95. The topological polar surface area (TPSA) is 49.3 Å². The molecule has 1 aromatic carbocycles. The quantitative estimate of drug-likeness (QED) is 0.749. The molecule has 0 atom stereocenters. The Balaban J connectivity index is 1.83. The van der Waals surface area contributed by atoms with Crippen LogP contribution in [0.4, 0.5) is 0 Å². The summed E-state index contributed by atoms with van der Waals surface area (Å²) in [6.45, 7) is 1.59. The summed E-state index contributed by atoms with van der Waals surface area (Å²) >= 11 is 5.20. The summed E-state index contributed by atoms with van der Waals surface area (Å²) in [6, 6.07) is 11.9. The smallest absolute Gasteiger partial charge is 0.307 e. The van der Waals surface area contributed by atoms with E-state index in [4.69, 9.17) is 5.11 Å². The molecule has 1 aromatic heterocycles. The SMILES string of the molecule is O=C(O)Cc1ccccc1CNCCc1ccc(Br)s1. The van der Waals surface area contributed by atoms with E-state index in [1.54, 1.807) is 11.3 Å². The van der Waals surface area contributed by atoms with Gasteiger partial charge in [-0.2, -0.15) is 0 Å². The Bertz CT molecular complexity index is 583. The van der Waals surface area contributed by atoms with Gasteiger partial charge in [0.05, 0.1) is 10.2 Å². The van der Waals surface area contributed by atoms with E-state index in [-0.39, 0.29) is 6.42 Å². The van der Waals surface area contributed by atoms with Gasteiger partial charge in [-0.3, -0.25) is 4.79 Å². The molecule has 3 nitrogen and oxygen atoms in total. The van der Waals surface area contributed by atoms with Gasteiger partial charge in [0.1, 0.15) is 0 Å². The lowest BCUT2D eigenvalue weighted by Gasteiger charge is -2.08. The van der Waals surface area contributed by atoms with Crippen LogP contribution >= 0.6 is 27.3 Å². The zero-order chi connectivity index (χ0) is 14.4. The first-order valence-corrected chi connectivity index (χ1v) is 7.99. The lowest BCUT2D eigenvalue weighted by Crippen LogP contribution is -2.18. The predicted octanol–water partition coefficient (Wildman–Crippen LogP) is 3.47. The Kier molecular flexibility index (Phi) is 5.76. The van der Waals surface area contributed by atoms with Crippen LogP contribution in [0, 0.1) is 0 Å². The molecular weight excluding hydrogens is 338 g/mol. The number of aliphatic carboxylic acids is 1. The molecule has 0 aliphatic heterocycles. The van der Waals surface area contributed by atoms with Crippen molar-refractivity contribution in [3.05, 3.63) is 56.2 Å². The summed E-state index contributed by atoms with van der Waals surface area (Å²) in [5, 5.41) is 12.3. The first-order valence-electron chi connectivity index (χ1n) is 6.38. The molecule has 0 radical (unpaired) electrons. The molecule has 0 saturated carbocycles. The van der Waals surface area contributed by atoms with E-state index >= 15 is 0 Å². The molecule has 2 rings (SSSR count). The molecule has 0 unspecified atom stereocenters. The molecule has 0 aliphatic carbocycles. The van der Waals surface area contributed by atoms with E-state index in [2.05, 4.69) is 33.4 Å². The molecule has 0 fully saturated rings. The zero-order valence-corrected chi connectivity index (χ0v) is 13.3. The summed E-state index contributed by atoms with van der Waals surface area (Å²) in [5.74, 6) is -0.791. The molecule has 0 amide bonds. The summed E-state index contributed by atoms with van der Waals surface area (Å²) in [5.41, 5.74) is 1.94. The van der Waals surface area contributed by atoms with Gasteiger partial charge in [-0.05, 0) is 45.6 Å². The summed E-state index contributed by atoms with van der Waals surface area (Å²) in [7, 11) is 0. The van der Waals surface area contributed by atoms with E-state index in [1.807, 2.05) is 24.3 Å². The maximum Gasteiger partial charge on any atom is 0.307 e. The molecule has 106 valence electrons. The minimum atomic E-state index is -0.791. The molecular formula is C15H16BrNO2S. The second kappa shape index (κ2) is 7.57. The van der Waals surface area contributed by atoms with E-state index in [1.165, 1.54) is 4.88 Å². The van der Waals surface area contributed by atoms with Gasteiger partial charge in [0.25, 0.3) is 0 Å². The summed E-state index contributed by atoms with van der Waals surface area (Å²) in [4.78, 5) is 12.2. The minimum absolute atomic E-state index is 0.0791. The van der Waals surface area contributed by atoms with Gasteiger partial charge in [-0.15, -0.1) is 11.3 Å². The Hall–Kier alpha value is -1.17. The monoisotopic (exact) mass is 353 g/mol. The largest absolute Gasteiger partial charge is 0.481 e. The number of carboxylic acid groups (broad SMARTS) is 1. The van der Waals surface area contributed by atoms with Crippen molar-refractivity contribution in [1.29, 1.82) is 0 Å². The average molecular weight is 354 g/mol. The van der Waals surface area contributed by atoms with Gasteiger partial charge in [0.2, 0.25) is 0 Å². The maximum atomic E-state index is 10.8. The highest BCUT2D eigenvalue weighted by Crippen LogP contribution is 2.22. The third-order valence-corrected chi connectivity index (χ3v) is 4.64. The van der Waals surface area contributed by atoms with Gasteiger partial charge < -0.3 is 10.4 Å². The highest BCUT2D eigenvalue weighted by molar-refractivity contribution is 9.11. The summed E-state index contributed by atoms with van der Waals surface area (Å²) in [6.07, 6.45) is 1.06. The first kappa shape index (κ1) is 15.2. The van der Waals surface area contributed by atoms with Crippen LogP contribution in [0.2, 0.25) is 0 Å².